The Morgan fingerprint density at radius 3 is 2.34 bits per heavy atom. The Balaban J connectivity index is 1.62. The zero-order chi connectivity index (χ0) is 27.7. The molecule has 3 N–H and O–H groups in total. The predicted octanol–water partition coefficient (Wildman–Crippen LogP) is 4.00. The number of aliphatic carboxylic acids is 1. The van der Waals surface area contributed by atoms with Crippen molar-refractivity contribution in [1.82, 2.24) is 20.2 Å². The third kappa shape index (κ3) is 6.11. The fourth-order valence-corrected chi connectivity index (χ4v) is 5.48. The van der Waals surface area contributed by atoms with Gasteiger partial charge in [0.15, 0.2) is 5.82 Å². The Morgan fingerprint density at radius 2 is 1.76 bits per heavy atom. The number of halogens is 1. The molecule has 0 saturated carbocycles. The number of thiophene rings is 1. The van der Waals surface area contributed by atoms with Gasteiger partial charge in [-0.25, -0.2) is 14.8 Å². The van der Waals surface area contributed by atoms with E-state index < -0.39 is 29.6 Å². The molecule has 2 atom stereocenters. The van der Waals surface area contributed by atoms with Gasteiger partial charge in [-0.1, -0.05) is 45.0 Å². The zero-order valence-corrected chi connectivity index (χ0v) is 23.7. The molecule has 0 radical (unpaired) electrons. The molecule has 1 aromatic carbocycles. The van der Waals surface area contributed by atoms with Gasteiger partial charge < -0.3 is 20.4 Å². The normalized spacial score (nSPS) is 17.2. The molecule has 9 nitrogen and oxygen atoms in total. The molecular formula is C27H29BrN4O5S. The number of carboxylic acids is 1. The minimum Gasteiger partial charge on any atom is -0.480 e. The van der Waals surface area contributed by atoms with Crippen molar-refractivity contribution in [3.63, 3.8) is 0 Å². The molecule has 2 aromatic heterocycles. The number of amides is 2. The largest absolute Gasteiger partial charge is 0.480 e. The molecular weight excluding hydrogens is 572 g/mol. The van der Waals surface area contributed by atoms with Gasteiger partial charge in [0.2, 0.25) is 5.72 Å². The van der Waals surface area contributed by atoms with Gasteiger partial charge in [-0.3, -0.25) is 9.59 Å². The number of likely N-dealkylation sites (tertiary alicyclic amines) is 1. The van der Waals surface area contributed by atoms with Crippen molar-refractivity contribution in [2.45, 2.75) is 57.2 Å². The van der Waals surface area contributed by atoms with Gasteiger partial charge in [0.1, 0.15) is 6.04 Å². The van der Waals surface area contributed by atoms with E-state index in [1.807, 2.05) is 26.8 Å². The number of carbonyl (C=O) groups is 3. The van der Waals surface area contributed by atoms with Crippen LogP contribution in [0.25, 0.3) is 11.4 Å². The number of carboxylic acid groups (broad SMARTS) is 1. The van der Waals surface area contributed by atoms with Gasteiger partial charge in [-0.05, 0) is 51.9 Å². The van der Waals surface area contributed by atoms with Crippen LogP contribution in [0.3, 0.4) is 0 Å². The Morgan fingerprint density at radius 1 is 1.11 bits per heavy atom. The molecule has 200 valence electrons. The summed E-state index contributed by atoms with van der Waals surface area (Å²) in [6.45, 7) is 6.27. The molecule has 3 aromatic rings. The van der Waals surface area contributed by atoms with Crippen molar-refractivity contribution in [3.8, 4) is 11.4 Å². The van der Waals surface area contributed by atoms with Crippen molar-refractivity contribution in [2.75, 3.05) is 6.54 Å². The fraction of sp³-hybridized carbons (Fsp3) is 0.370. The lowest BCUT2D eigenvalue weighted by Gasteiger charge is -2.33. The molecule has 4 rings (SSSR count). The smallest absolute Gasteiger partial charge is 0.326 e. The second-order valence-corrected chi connectivity index (χ2v) is 12.3. The number of rotatable bonds is 7. The first kappa shape index (κ1) is 27.9. The van der Waals surface area contributed by atoms with E-state index in [1.165, 1.54) is 11.3 Å². The van der Waals surface area contributed by atoms with Crippen molar-refractivity contribution in [3.05, 3.63) is 68.6 Å². The van der Waals surface area contributed by atoms with E-state index in [0.717, 1.165) is 19.8 Å². The second kappa shape index (κ2) is 10.9. The first-order chi connectivity index (χ1) is 17.9. The summed E-state index contributed by atoms with van der Waals surface area (Å²) in [7, 11) is 0. The van der Waals surface area contributed by atoms with Gasteiger partial charge in [-0.15, -0.1) is 11.3 Å². The lowest BCUT2D eigenvalue weighted by molar-refractivity contribution is -0.160. The number of hydrogen-bond acceptors (Lipinski definition) is 7. The van der Waals surface area contributed by atoms with Crippen molar-refractivity contribution in [1.29, 1.82) is 0 Å². The van der Waals surface area contributed by atoms with E-state index in [-0.39, 0.29) is 24.8 Å². The summed E-state index contributed by atoms with van der Waals surface area (Å²) in [4.78, 5) is 49.6. The highest BCUT2D eigenvalue weighted by atomic mass is 79.9. The number of aliphatic hydroxyl groups is 1. The van der Waals surface area contributed by atoms with Gasteiger partial charge >= 0.3 is 5.97 Å². The number of aromatic nitrogens is 2. The third-order valence-electron chi connectivity index (χ3n) is 6.33. The summed E-state index contributed by atoms with van der Waals surface area (Å²) in [5.74, 6) is -2.08. The van der Waals surface area contributed by atoms with Crippen LogP contribution < -0.4 is 5.32 Å². The minimum atomic E-state index is -2.35. The number of nitrogens with zero attached hydrogens (tertiary/aromatic N) is 3. The van der Waals surface area contributed by atoms with E-state index >= 15 is 0 Å². The molecule has 0 bridgehead atoms. The van der Waals surface area contributed by atoms with E-state index in [1.54, 1.807) is 42.7 Å². The Hall–Kier alpha value is -3.15. The van der Waals surface area contributed by atoms with E-state index in [0.29, 0.717) is 22.7 Å². The van der Waals surface area contributed by atoms with E-state index in [4.69, 9.17) is 0 Å². The molecule has 38 heavy (non-hydrogen) atoms. The predicted molar refractivity (Wildman–Crippen MR) is 147 cm³/mol. The maximum Gasteiger partial charge on any atom is 0.326 e. The van der Waals surface area contributed by atoms with Crippen molar-refractivity contribution < 1.29 is 24.6 Å². The summed E-state index contributed by atoms with van der Waals surface area (Å²) < 4.78 is 0.749. The molecule has 0 unspecified atom stereocenters. The molecule has 3 heterocycles. The standard InChI is InChI=1S/C27H29BrN4O5S/c1-26(2,3)21-11-10-20(38-21)23(33)31-27(37,25(36)32-12-4-5-19(32)24(34)35)13-16-6-8-17(9-7-16)22-29-14-18(28)15-30-22/h6-11,14-15,19,37H,4-5,12-13H2,1-3H3,(H,31,33)(H,34,35)/t19-,27-/m0/s1. The molecule has 0 spiro atoms. The Kier molecular flexibility index (Phi) is 8.01. The number of hydrogen-bond donors (Lipinski definition) is 3. The summed E-state index contributed by atoms with van der Waals surface area (Å²) >= 11 is 4.59. The summed E-state index contributed by atoms with van der Waals surface area (Å²) in [5, 5.41) is 23.8. The van der Waals surface area contributed by atoms with Crippen LogP contribution in [0.4, 0.5) is 0 Å². The van der Waals surface area contributed by atoms with Crippen LogP contribution in [0.1, 0.15) is 53.7 Å². The van der Waals surface area contributed by atoms with Crippen LogP contribution in [0.2, 0.25) is 0 Å². The van der Waals surface area contributed by atoms with Crippen LogP contribution in [0, 0.1) is 0 Å². The number of nitrogens with one attached hydrogen (secondary N) is 1. The highest BCUT2D eigenvalue weighted by Crippen LogP contribution is 2.30. The van der Waals surface area contributed by atoms with Crippen molar-refractivity contribution in [2.24, 2.45) is 0 Å². The first-order valence-electron chi connectivity index (χ1n) is 12.1. The molecule has 1 aliphatic heterocycles. The summed E-state index contributed by atoms with van der Waals surface area (Å²) in [5.41, 5.74) is -1.22. The third-order valence-corrected chi connectivity index (χ3v) is 8.25. The molecule has 1 fully saturated rings. The number of carbonyl (C=O) groups excluding carboxylic acids is 2. The molecule has 11 heteroatoms. The van der Waals surface area contributed by atoms with Crippen LogP contribution in [-0.4, -0.2) is 61.2 Å². The lowest BCUT2D eigenvalue weighted by Crippen LogP contribution is -2.62. The van der Waals surface area contributed by atoms with Gasteiger partial charge in [0.25, 0.3) is 11.8 Å². The minimum absolute atomic E-state index is 0.167. The molecule has 1 aliphatic rings. The number of benzene rings is 1. The van der Waals surface area contributed by atoms with Crippen molar-refractivity contribution >= 4 is 45.1 Å². The Bertz CT molecular complexity index is 1340. The summed E-state index contributed by atoms with van der Waals surface area (Å²) in [6.07, 6.45) is 3.79. The van der Waals surface area contributed by atoms with Gasteiger partial charge in [0, 0.05) is 35.8 Å². The monoisotopic (exact) mass is 600 g/mol. The average Bonchev–Trinajstić information content (AvgIpc) is 3.55. The maximum atomic E-state index is 13.6. The zero-order valence-electron chi connectivity index (χ0n) is 21.3. The van der Waals surface area contributed by atoms with Gasteiger partial charge in [-0.2, -0.15) is 0 Å². The van der Waals surface area contributed by atoms with Crippen LogP contribution in [0.5, 0.6) is 0 Å². The lowest BCUT2D eigenvalue weighted by atomic mass is 9.95. The van der Waals surface area contributed by atoms with E-state index in [2.05, 4.69) is 31.2 Å². The summed E-state index contributed by atoms with van der Waals surface area (Å²) in [6, 6.07) is 9.40. The van der Waals surface area contributed by atoms with E-state index in [9.17, 15) is 24.6 Å². The second-order valence-electron chi connectivity index (χ2n) is 10.3. The average molecular weight is 602 g/mol. The molecule has 2 amide bonds. The van der Waals surface area contributed by atoms with Crippen LogP contribution in [0.15, 0.2) is 53.3 Å². The quantitative estimate of drug-likeness (QED) is 0.349. The fourth-order valence-electron chi connectivity index (χ4n) is 4.32. The highest BCUT2D eigenvalue weighted by Gasteiger charge is 2.46. The first-order valence-corrected chi connectivity index (χ1v) is 13.7. The Labute approximate surface area is 233 Å². The topological polar surface area (TPSA) is 133 Å². The van der Waals surface area contributed by atoms with Crippen LogP contribution in [-0.2, 0) is 21.4 Å². The SMILES string of the molecule is CC(C)(C)c1ccc(C(=O)N[C@](O)(Cc2ccc(-c3ncc(Br)cn3)cc2)C(=O)N2CCC[C@H]2C(=O)O)s1. The van der Waals surface area contributed by atoms with Crippen LogP contribution >= 0.6 is 27.3 Å². The molecule has 1 saturated heterocycles. The van der Waals surface area contributed by atoms with Gasteiger partial charge in [0.05, 0.1) is 9.35 Å². The maximum absolute atomic E-state index is 13.6. The highest BCUT2D eigenvalue weighted by molar-refractivity contribution is 9.10. The molecule has 0 aliphatic carbocycles.